The molecule has 31 heavy (non-hydrogen) atoms. The van der Waals surface area contributed by atoms with Crippen LogP contribution in [0.3, 0.4) is 0 Å². The molecule has 0 spiro atoms. The van der Waals surface area contributed by atoms with Crippen LogP contribution in [0.15, 0.2) is 48.7 Å². The van der Waals surface area contributed by atoms with Crippen molar-refractivity contribution in [2.24, 2.45) is 0 Å². The van der Waals surface area contributed by atoms with E-state index in [1.165, 1.54) is 5.56 Å². The quantitative estimate of drug-likeness (QED) is 0.422. The zero-order valence-corrected chi connectivity index (χ0v) is 19.5. The number of para-hydroxylation sites is 1. The molecule has 1 saturated heterocycles. The molecule has 164 valence electrons. The predicted octanol–water partition coefficient (Wildman–Crippen LogP) is 5.75. The summed E-state index contributed by atoms with van der Waals surface area (Å²) in [6.45, 7) is 8.76. The second-order valence-electron chi connectivity index (χ2n) is 8.34. The molecule has 1 aromatic heterocycles. The Bertz CT molecular complexity index is 1060. The Hall–Kier alpha value is -1.85. The van der Waals surface area contributed by atoms with Gasteiger partial charge in [-0.1, -0.05) is 53.5 Å². The standard InChI is InChI=1S/C25H29Cl2N3O/c1-19(31)22-18-30(25-21(22)8-4-10-24(25)27)14-6-12-28-11-5-13-29(16-15-28)17-20-7-2-3-9-23(20)26/h2-4,7-10,18H,5-6,11-17H2,1H3. The average Bonchev–Trinajstić information content (AvgIpc) is 2.98. The van der Waals surface area contributed by atoms with Crippen molar-refractivity contribution in [3.63, 3.8) is 0 Å². The maximum Gasteiger partial charge on any atom is 0.161 e. The van der Waals surface area contributed by atoms with Crippen molar-refractivity contribution in [1.29, 1.82) is 0 Å². The van der Waals surface area contributed by atoms with E-state index in [0.717, 1.165) is 80.1 Å². The Morgan fingerprint density at radius 3 is 2.45 bits per heavy atom. The molecule has 4 nitrogen and oxygen atoms in total. The summed E-state index contributed by atoms with van der Waals surface area (Å²) in [4.78, 5) is 17.1. The third-order valence-electron chi connectivity index (χ3n) is 6.13. The van der Waals surface area contributed by atoms with Gasteiger partial charge in [-0.25, -0.2) is 0 Å². The predicted molar refractivity (Wildman–Crippen MR) is 129 cm³/mol. The van der Waals surface area contributed by atoms with E-state index < -0.39 is 0 Å². The number of benzene rings is 2. The van der Waals surface area contributed by atoms with Gasteiger partial charge in [0.25, 0.3) is 0 Å². The molecule has 0 aliphatic carbocycles. The topological polar surface area (TPSA) is 28.5 Å². The van der Waals surface area contributed by atoms with Crippen LogP contribution in [0, 0.1) is 0 Å². The Morgan fingerprint density at radius 2 is 1.65 bits per heavy atom. The minimum absolute atomic E-state index is 0.0807. The molecule has 2 heterocycles. The van der Waals surface area contributed by atoms with E-state index in [1.54, 1.807) is 6.92 Å². The van der Waals surface area contributed by atoms with E-state index in [4.69, 9.17) is 23.2 Å². The first kappa shape index (κ1) is 22.3. The maximum atomic E-state index is 12.0. The molecule has 1 aliphatic rings. The first-order chi connectivity index (χ1) is 15.0. The Kier molecular flexibility index (Phi) is 7.34. The summed E-state index contributed by atoms with van der Waals surface area (Å²) in [7, 11) is 0. The van der Waals surface area contributed by atoms with Gasteiger partial charge in [0, 0.05) is 48.3 Å². The molecule has 0 N–H and O–H groups in total. The molecule has 2 aromatic carbocycles. The smallest absolute Gasteiger partial charge is 0.161 e. The summed E-state index contributed by atoms with van der Waals surface area (Å²) in [5.74, 6) is 0.0807. The largest absolute Gasteiger partial charge is 0.345 e. The lowest BCUT2D eigenvalue weighted by atomic mass is 10.1. The first-order valence-corrected chi connectivity index (χ1v) is 11.7. The zero-order chi connectivity index (χ0) is 21.8. The Balaban J connectivity index is 1.33. The van der Waals surface area contributed by atoms with Crippen molar-refractivity contribution in [1.82, 2.24) is 14.4 Å². The number of carbonyl (C=O) groups excluding carboxylic acids is 1. The van der Waals surface area contributed by atoms with Gasteiger partial charge in [0.1, 0.15) is 0 Å². The lowest BCUT2D eigenvalue weighted by molar-refractivity contribution is 0.101. The average molecular weight is 458 g/mol. The fraction of sp³-hybridized carbons (Fsp3) is 0.400. The summed E-state index contributed by atoms with van der Waals surface area (Å²) in [6, 6.07) is 13.9. The van der Waals surface area contributed by atoms with Gasteiger partial charge < -0.3 is 9.47 Å². The highest BCUT2D eigenvalue weighted by molar-refractivity contribution is 6.35. The summed E-state index contributed by atoms with van der Waals surface area (Å²) in [5.41, 5.74) is 2.92. The second-order valence-corrected chi connectivity index (χ2v) is 9.16. The number of carbonyl (C=O) groups is 1. The van der Waals surface area contributed by atoms with Crippen LogP contribution >= 0.6 is 23.2 Å². The number of halogens is 2. The van der Waals surface area contributed by atoms with Crippen molar-refractivity contribution in [2.45, 2.75) is 32.9 Å². The van der Waals surface area contributed by atoms with E-state index in [-0.39, 0.29) is 5.78 Å². The lowest BCUT2D eigenvalue weighted by Crippen LogP contribution is -2.31. The molecule has 4 rings (SSSR count). The summed E-state index contributed by atoms with van der Waals surface area (Å²) in [5, 5.41) is 2.51. The maximum absolute atomic E-state index is 12.0. The zero-order valence-electron chi connectivity index (χ0n) is 18.0. The van der Waals surface area contributed by atoms with Crippen LogP contribution in [0.2, 0.25) is 10.0 Å². The molecule has 1 aliphatic heterocycles. The number of ketones is 1. The number of hydrogen-bond donors (Lipinski definition) is 0. The summed E-state index contributed by atoms with van der Waals surface area (Å²) in [6.07, 6.45) is 4.15. The van der Waals surface area contributed by atoms with Crippen molar-refractivity contribution < 1.29 is 4.79 Å². The van der Waals surface area contributed by atoms with Crippen LogP contribution in [0.5, 0.6) is 0 Å². The van der Waals surface area contributed by atoms with E-state index >= 15 is 0 Å². The second kappa shape index (κ2) is 10.2. The number of nitrogens with zero attached hydrogens (tertiary/aromatic N) is 3. The number of aryl methyl sites for hydroxylation is 1. The van der Waals surface area contributed by atoms with Gasteiger partial charge in [0.2, 0.25) is 0 Å². The van der Waals surface area contributed by atoms with Crippen molar-refractivity contribution in [2.75, 3.05) is 32.7 Å². The summed E-state index contributed by atoms with van der Waals surface area (Å²) >= 11 is 12.8. The molecule has 0 radical (unpaired) electrons. The fourth-order valence-electron chi connectivity index (χ4n) is 4.51. The van der Waals surface area contributed by atoms with Gasteiger partial charge in [0.05, 0.1) is 10.5 Å². The van der Waals surface area contributed by atoms with E-state index in [9.17, 15) is 4.79 Å². The van der Waals surface area contributed by atoms with Crippen molar-refractivity contribution in [3.8, 4) is 0 Å². The minimum atomic E-state index is 0.0807. The number of Topliss-reactive ketones (excluding diaryl/α,β-unsaturated/α-hetero) is 1. The van der Waals surface area contributed by atoms with E-state index in [1.807, 2.05) is 36.5 Å². The van der Waals surface area contributed by atoms with E-state index in [2.05, 4.69) is 26.5 Å². The van der Waals surface area contributed by atoms with Gasteiger partial charge >= 0.3 is 0 Å². The number of rotatable bonds is 7. The normalized spacial score (nSPS) is 16.0. The fourth-order valence-corrected chi connectivity index (χ4v) is 4.99. The first-order valence-electron chi connectivity index (χ1n) is 11.0. The molecular weight excluding hydrogens is 429 g/mol. The van der Waals surface area contributed by atoms with Crippen LogP contribution in [-0.2, 0) is 13.1 Å². The van der Waals surface area contributed by atoms with Crippen molar-refractivity contribution in [3.05, 3.63) is 69.8 Å². The Morgan fingerprint density at radius 1 is 0.903 bits per heavy atom. The number of hydrogen-bond acceptors (Lipinski definition) is 3. The van der Waals surface area contributed by atoms with Gasteiger partial charge in [-0.15, -0.1) is 0 Å². The van der Waals surface area contributed by atoms with Crippen LogP contribution in [-0.4, -0.2) is 52.9 Å². The minimum Gasteiger partial charge on any atom is -0.345 e. The molecule has 0 saturated carbocycles. The molecule has 0 atom stereocenters. The Labute approximate surface area is 194 Å². The molecule has 0 bridgehead atoms. The van der Waals surface area contributed by atoms with Crippen LogP contribution in [0.1, 0.15) is 35.7 Å². The lowest BCUT2D eigenvalue weighted by Gasteiger charge is -2.22. The van der Waals surface area contributed by atoms with Gasteiger partial charge in [-0.05, 0) is 57.1 Å². The number of fused-ring (bicyclic) bond motifs is 1. The third-order valence-corrected chi connectivity index (χ3v) is 6.81. The van der Waals surface area contributed by atoms with Gasteiger partial charge in [-0.2, -0.15) is 0 Å². The molecule has 0 unspecified atom stereocenters. The highest BCUT2D eigenvalue weighted by atomic mass is 35.5. The van der Waals surface area contributed by atoms with Crippen LogP contribution in [0.4, 0.5) is 0 Å². The van der Waals surface area contributed by atoms with Gasteiger partial charge in [-0.3, -0.25) is 9.69 Å². The third kappa shape index (κ3) is 5.32. The van der Waals surface area contributed by atoms with Gasteiger partial charge in [0.15, 0.2) is 5.78 Å². The molecule has 0 amide bonds. The molecular formula is C25H29Cl2N3O. The molecule has 3 aromatic rings. The van der Waals surface area contributed by atoms with E-state index in [0.29, 0.717) is 5.02 Å². The SMILES string of the molecule is CC(=O)c1cn(CCCN2CCCN(Cc3ccccc3Cl)CC2)c2c(Cl)cccc12. The van der Waals surface area contributed by atoms with Crippen LogP contribution < -0.4 is 0 Å². The highest BCUT2D eigenvalue weighted by Crippen LogP contribution is 2.28. The monoisotopic (exact) mass is 457 g/mol. The molecule has 1 fully saturated rings. The van der Waals surface area contributed by atoms with Crippen molar-refractivity contribution >= 4 is 39.9 Å². The molecule has 6 heteroatoms. The van der Waals surface area contributed by atoms with Crippen LogP contribution in [0.25, 0.3) is 10.9 Å². The number of aromatic nitrogens is 1. The summed E-state index contributed by atoms with van der Waals surface area (Å²) < 4.78 is 2.15. The highest BCUT2D eigenvalue weighted by Gasteiger charge is 2.17.